The van der Waals surface area contributed by atoms with Gasteiger partial charge in [-0.1, -0.05) is 153 Å². The summed E-state index contributed by atoms with van der Waals surface area (Å²) in [6.45, 7) is 6.30. The summed E-state index contributed by atoms with van der Waals surface area (Å²) in [5, 5.41) is 17.2. The summed E-state index contributed by atoms with van der Waals surface area (Å²) >= 11 is 0. The van der Waals surface area contributed by atoms with E-state index in [0.717, 1.165) is 46.5 Å². The predicted molar refractivity (Wildman–Crippen MR) is 170 cm³/mol. The molecule has 1 N–H and O–H groups in total. The molecule has 0 atom stereocenters. The summed E-state index contributed by atoms with van der Waals surface area (Å²) in [4.78, 5) is 0. The fraction of sp³-hybridized carbons (Fsp3) is 0.162. The first-order valence-corrected chi connectivity index (χ1v) is 14.5. The summed E-state index contributed by atoms with van der Waals surface area (Å²) in [6.07, 6.45) is 0. The van der Waals surface area contributed by atoms with E-state index in [1.54, 1.807) is 0 Å². The lowest BCUT2D eigenvalue weighted by atomic mass is 9.77. The molecule has 0 radical (unpaired) electrons. The second kappa shape index (κ2) is 12.3. The summed E-state index contributed by atoms with van der Waals surface area (Å²) in [7, 11) is 0. The van der Waals surface area contributed by atoms with Gasteiger partial charge >= 0.3 is 0 Å². The molecule has 0 aliphatic rings. The molecule has 5 heteroatoms. The van der Waals surface area contributed by atoms with Gasteiger partial charge in [-0.15, -0.1) is 5.10 Å². The minimum atomic E-state index is -0.804. The van der Waals surface area contributed by atoms with Crippen LogP contribution in [0.15, 0.2) is 140 Å². The van der Waals surface area contributed by atoms with Crippen LogP contribution < -0.4 is 5.32 Å². The number of benzene rings is 5. The van der Waals surface area contributed by atoms with Crippen LogP contribution in [-0.4, -0.2) is 26.8 Å². The normalized spacial score (nSPS) is 11.6. The number of tetrazole rings is 1. The third-order valence-corrected chi connectivity index (χ3v) is 7.68. The molecule has 0 amide bonds. The lowest BCUT2D eigenvalue weighted by molar-refractivity contribution is 0.451. The standard InChI is InChI=1S/C37H35N5/c1-28(2)26-38-27-29-22-24-30(25-23-29)34-20-12-13-21-35(34)36-39-40-41-42(36)37(31-14-6-3-7-15-31,32-16-8-4-9-17-32)33-18-10-5-11-19-33/h3-25,28,38H,26-27H2,1-2H3. The van der Waals surface area contributed by atoms with Crippen LogP contribution in [0.4, 0.5) is 0 Å². The van der Waals surface area contributed by atoms with Crippen LogP contribution in [0.1, 0.15) is 36.1 Å². The van der Waals surface area contributed by atoms with Crippen molar-refractivity contribution in [3.63, 3.8) is 0 Å². The molecule has 0 saturated heterocycles. The van der Waals surface area contributed by atoms with Crippen LogP contribution in [0, 0.1) is 5.92 Å². The lowest BCUT2D eigenvalue weighted by Crippen LogP contribution is -2.39. The van der Waals surface area contributed by atoms with E-state index in [1.165, 1.54) is 5.56 Å². The minimum Gasteiger partial charge on any atom is -0.312 e. The highest BCUT2D eigenvalue weighted by atomic mass is 15.6. The Kier molecular flexibility index (Phi) is 8.02. The molecule has 1 heterocycles. The zero-order chi connectivity index (χ0) is 28.8. The molecule has 0 saturated carbocycles. The number of hydrogen-bond acceptors (Lipinski definition) is 4. The van der Waals surface area contributed by atoms with E-state index >= 15 is 0 Å². The SMILES string of the molecule is CC(C)CNCc1ccc(-c2ccccc2-c2nnnn2C(c2ccccc2)(c2ccccc2)c2ccccc2)cc1. The van der Waals surface area contributed by atoms with Crippen LogP contribution >= 0.6 is 0 Å². The molecule has 208 valence electrons. The predicted octanol–water partition coefficient (Wildman–Crippen LogP) is 7.59. The monoisotopic (exact) mass is 549 g/mol. The molecular formula is C37H35N5. The summed E-state index contributed by atoms with van der Waals surface area (Å²) in [5.41, 5.74) is 6.86. The van der Waals surface area contributed by atoms with Gasteiger partial charge in [0.15, 0.2) is 5.82 Å². The average molecular weight is 550 g/mol. The van der Waals surface area contributed by atoms with E-state index in [0.29, 0.717) is 11.7 Å². The van der Waals surface area contributed by atoms with Gasteiger partial charge in [0, 0.05) is 12.1 Å². The summed E-state index contributed by atoms with van der Waals surface area (Å²) in [6, 6.07) is 48.7. The van der Waals surface area contributed by atoms with Gasteiger partial charge in [-0.25, -0.2) is 4.68 Å². The van der Waals surface area contributed by atoms with Crippen LogP contribution in [-0.2, 0) is 12.1 Å². The van der Waals surface area contributed by atoms with Crippen molar-refractivity contribution in [3.05, 3.63) is 162 Å². The van der Waals surface area contributed by atoms with Gasteiger partial charge in [0.05, 0.1) is 0 Å². The fourth-order valence-electron chi connectivity index (χ4n) is 5.72. The van der Waals surface area contributed by atoms with Crippen molar-refractivity contribution in [2.75, 3.05) is 6.54 Å². The van der Waals surface area contributed by atoms with Crippen molar-refractivity contribution in [1.29, 1.82) is 0 Å². The van der Waals surface area contributed by atoms with Crippen LogP contribution in [0.3, 0.4) is 0 Å². The second-order valence-electron chi connectivity index (χ2n) is 11.0. The molecule has 0 unspecified atom stereocenters. The number of nitrogens with one attached hydrogen (secondary N) is 1. The molecule has 0 aliphatic carbocycles. The van der Waals surface area contributed by atoms with E-state index in [1.807, 2.05) is 22.9 Å². The Morgan fingerprint density at radius 3 is 1.64 bits per heavy atom. The molecule has 6 rings (SSSR count). The molecule has 0 spiro atoms. The van der Waals surface area contributed by atoms with Gasteiger partial charge in [-0.05, 0) is 56.3 Å². The number of nitrogens with zero attached hydrogens (tertiary/aromatic N) is 4. The Hall–Kier alpha value is -4.87. The highest BCUT2D eigenvalue weighted by molar-refractivity contribution is 5.81. The van der Waals surface area contributed by atoms with Gasteiger partial charge < -0.3 is 5.32 Å². The molecule has 42 heavy (non-hydrogen) atoms. The lowest BCUT2D eigenvalue weighted by Gasteiger charge is -2.36. The zero-order valence-corrected chi connectivity index (χ0v) is 24.1. The third-order valence-electron chi connectivity index (χ3n) is 7.68. The maximum Gasteiger partial charge on any atom is 0.184 e. The Bertz CT molecular complexity index is 1610. The molecule has 0 aliphatic heterocycles. The van der Waals surface area contributed by atoms with Crippen LogP contribution in [0.5, 0.6) is 0 Å². The van der Waals surface area contributed by atoms with Gasteiger partial charge in [0.2, 0.25) is 0 Å². The maximum atomic E-state index is 4.74. The second-order valence-corrected chi connectivity index (χ2v) is 11.0. The third kappa shape index (κ3) is 5.27. The molecule has 0 fully saturated rings. The van der Waals surface area contributed by atoms with E-state index in [2.05, 4.69) is 151 Å². The minimum absolute atomic E-state index is 0.622. The van der Waals surface area contributed by atoms with Crippen LogP contribution in [0.2, 0.25) is 0 Å². The summed E-state index contributed by atoms with van der Waals surface area (Å²) in [5.74, 6) is 1.32. The maximum absolute atomic E-state index is 4.74. The van der Waals surface area contributed by atoms with Crippen LogP contribution in [0.25, 0.3) is 22.5 Å². The van der Waals surface area contributed by atoms with E-state index < -0.39 is 5.54 Å². The van der Waals surface area contributed by atoms with Crippen molar-refractivity contribution in [2.24, 2.45) is 5.92 Å². The van der Waals surface area contributed by atoms with Crippen molar-refractivity contribution >= 4 is 0 Å². The van der Waals surface area contributed by atoms with Crippen molar-refractivity contribution < 1.29 is 0 Å². The Morgan fingerprint density at radius 2 is 1.12 bits per heavy atom. The quantitative estimate of drug-likeness (QED) is 0.179. The molecule has 0 bridgehead atoms. The topological polar surface area (TPSA) is 55.6 Å². The van der Waals surface area contributed by atoms with Crippen molar-refractivity contribution in [1.82, 2.24) is 25.5 Å². The summed E-state index contributed by atoms with van der Waals surface area (Å²) < 4.78 is 2.00. The average Bonchev–Trinajstić information content (AvgIpc) is 3.53. The number of aromatic nitrogens is 4. The van der Waals surface area contributed by atoms with E-state index in [4.69, 9.17) is 5.21 Å². The van der Waals surface area contributed by atoms with Crippen molar-refractivity contribution in [3.8, 4) is 22.5 Å². The Labute approximate surface area is 247 Å². The fourth-order valence-corrected chi connectivity index (χ4v) is 5.72. The zero-order valence-electron chi connectivity index (χ0n) is 24.1. The first-order chi connectivity index (χ1) is 20.7. The highest BCUT2D eigenvalue weighted by Crippen LogP contribution is 2.43. The van der Waals surface area contributed by atoms with E-state index in [9.17, 15) is 0 Å². The van der Waals surface area contributed by atoms with Gasteiger partial charge in [0.1, 0.15) is 5.54 Å². The first kappa shape index (κ1) is 27.3. The molecule has 5 nitrogen and oxygen atoms in total. The molecule has 6 aromatic rings. The Balaban J connectivity index is 1.52. The molecule has 5 aromatic carbocycles. The highest BCUT2D eigenvalue weighted by Gasteiger charge is 2.42. The van der Waals surface area contributed by atoms with Gasteiger partial charge in [-0.3, -0.25) is 0 Å². The Morgan fingerprint density at radius 1 is 0.619 bits per heavy atom. The van der Waals surface area contributed by atoms with E-state index in [-0.39, 0.29) is 0 Å². The van der Waals surface area contributed by atoms with Gasteiger partial charge in [0.25, 0.3) is 0 Å². The number of hydrogen-bond donors (Lipinski definition) is 1. The first-order valence-electron chi connectivity index (χ1n) is 14.5. The van der Waals surface area contributed by atoms with Gasteiger partial charge in [-0.2, -0.15) is 0 Å². The molecular weight excluding hydrogens is 514 g/mol. The number of rotatable bonds is 10. The van der Waals surface area contributed by atoms with Crippen molar-refractivity contribution in [2.45, 2.75) is 25.9 Å². The largest absolute Gasteiger partial charge is 0.312 e. The smallest absolute Gasteiger partial charge is 0.184 e. The molecule has 1 aromatic heterocycles.